The minimum absolute atomic E-state index is 0.504. The van der Waals surface area contributed by atoms with Crippen molar-refractivity contribution >= 4 is 5.82 Å². The van der Waals surface area contributed by atoms with Crippen LogP contribution in [0.5, 0.6) is 0 Å². The van der Waals surface area contributed by atoms with E-state index in [1.54, 1.807) is 0 Å². The molecule has 2 heterocycles. The molecular weight excluding hydrogens is 236 g/mol. The van der Waals surface area contributed by atoms with E-state index in [0.29, 0.717) is 6.54 Å². The summed E-state index contributed by atoms with van der Waals surface area (Å²) in [5.41, 5.74) is 11.9. The normalized spacial score (nSPS) is 13.7. The number of aryl methyl sites for hydroxylation is 1. The molecular formula is C15H18N4. The molecule has 98 valence electrons. The molecule has 0 amide bonds. The van der Waals surface area contributed by atoms with Gasteiger partial charge in [-0.1, -0.05) is 24.3 Å². The van der Waals surface area contributed by atoms with Crippen LogP contribution in [0.15, 0.2) is 24.3 Å². The van der Waals surface area contributed by atoms with Crippen LogP contribution >= 0.6 is 0 Å². The molecule has 2 aromatic rings. The van der Waals surface area contributed by atoms with E-state index in [1.165, 1.54) is 11.1 Å². The van der Waals surface area contributed by atoms with E-state index < -0.39 is 0 Å². The van der Waals surface area contributed by atoms with E-state index in [-0.39, 0.29) is 0 Å². The maximum atomic E-state index is 5.90. The van der Waals surface area contributed by atoms with Crippen molar-refractivity contribution in [1.29, 1.82) is 0 Å². The maximum Gasteiger partial charge on any atom is 0.156 e. The largest absolute Gasteiger partial charge is 0.346 e. The smallest absolute Gasteiger partial charge is 0.156 e. The molecule has 3 rings (SSSR count). The average molecular weight is 254 g/mol. The number of hydrogen-bond acceptors (Lipinski definition) is 4. The number of aromatic nitrogens is 2. The van der Waals surface area contributed by atoms with Crippen molar-refractivity contribution in [3.05, 3.63) is 52.2 Å². The molecule has 19 heavy (non-hydrogen) atoms. The second-order valence-electron chi connectivity index (χ2n) is 5.04. The molecule has 1 aromatic heterocycles. The van der Waals surface area contributed by atoms with Crippen LogP contribution in [0, 0.1) is 13.8 Å². The Labute approximate surface area is 113 Å². The third-order valence-corrected chi connectivity index (χ3v) is 3.90. The third-order valence-electron chi connectivity index (χ3n) is 3.90. The molecule has 0 saturated carbocycles. The first-order valence-corrected chi connectivity index (χ1v) is 6.55. The lowest BCUT2D eigenvalue weighted by atomic mass is 10.1. The SMILES string of the molecule is Cc1nnc(N2Cc3ccccc3C2)c(CN)c1C. The van der Waals surface area contributed by atoms with Crippen LogP contribution in [0.25, 0.3) is 0 Å². The minimum Gasteiger partial charge on any atom is -0.346 e. The van der Waals surface area contributed by atoms with Crippen molar-refractivity contribution in [3.8, 4) is 0 Å². The summed E-state index contributed by atoms with van der Waals surface area (Å²) in [7, 11) is 0. The maximum absolute atomic E-state index is 5.90. The number of rotatable bonds is 2. The first kappa shape index (κ1) is 12.1. The van der Waals surface area contributed by atoms with E-state index >= 15 is 0 Å². The second-order valence-corrected chi connectivity index (χ2v) is 5.04. The van der Waals surface area contributed by atoms with Crippen molar-refractivity contribution in [2.75, 3.05) is 4.90 Å². The van der Waals surface area contributed by atoms with Crippen molar-refractivity contribution in [3.63, 3.8) is 0 Å². The number of fused-ring (bicyclic) bond motifs is 1. The fourth-order valence-electron chi connectivity index (χ4n) is 2.63. The highest BCUT2D eigenvalue weighted by molar-refractivity contribution is 5.54. The van der Waals surface area contributed by atoms with E-state index in [4.69, 9.17) is 5.73 Å². The van der Waals surface area contributed by atoms with Crippen molar-refractivity contribution in [2.24, 2.45) is 5.73 Å². The molecule has 0 bridgehead atoms. The lowest BCUT2D eigenvalue weighted by Gasteiger charge is -2.20. The summed E-state index contributed by atoms with van der Waals surface area (Å²) < 4.78 is 0. The average Bonchev–Trinajstić information content (AvgIpc) is 2.85. The van der Waals surface area contributed by atoms with Crippen LogP contribution in [-0.2, 0) is 19.6 Å². The van der Waals surface area contributed by atoms with Gasteiger partial charge in [-0.25, -0.2) is 0 Å². The number of nitrogens with zero attached hydrogens (tertiary/aromatic N) is 3. The van der Waals surface area contributed by atoms with E-state index in [9.17, 15) is 0 Å². The summed E-state index contributed by atoms with van der Waals surface area (Å²) in [6.07, 6.45) is 0. The first-order chi connectivity index (χ1) is 9.20. The van der Waals surface area contributed by atoms with Gasteiger partial charge in [0.2, 0.25) is 0 Å². The summed E-state index contributed by atoms with van der Waals surface area (Å²) in [4.78, 5) is 2.26. The van der Waals surface area contributed by atoms with Crippen LogP contribution in [0.3, 0.4) is 0 Å². The predicted molar refractivity (Wildman–Crippen MR) is 75.7 cm³/mol. The van der Waals surface area contributed by atoms with Crippen molar-refractivity contribution in [2.45, 2.75) is 33.5 Å². The highest BCUT2D eigenvalue weighted by atomic mass is 15.3. The zero-order chi connectivity index (χ0) is 13.4. The molecule has 0 saturated heterocycles. The molecule has 0 aliphatic carbocycles. The summed E-state index contributed by atoms with van der Waals surface area (Å²) in [5, 5.41) is 8.62. The van der Waals surface area contributed by atoms with Gasteiger partial charge in [0.1, 0.15) is 0 Å². The molecule has 4 nitrogen and oxygen atoms in total. The Kier molecular flexibility index (Phi) is 2.95. The monoisotopic (exact) mass is 254 g/mol. The molecule has 1 aliphatic rings. The number of hydrogen-bond donors (Lipinski definition) is 1. The van der Waals surface area contributed by atoms with E-state index in [0.717, 1.165) is 35.7 Å². The Hall–Kier alpha value is -1.94. The fourth-order valence-corrected chi connectivity index (χ4v) is 2.63. The highest BCUT2D eigenvalue weighted by Gasteiger charge is 2.23. The minimum atomic E-state index is 0.504. The molecule has 2 N–H and O–H groups in total. The molecule has 0 spiro atoms. The number of anilines is 1. The summed E-state index contributed by atoms with van der Waals surface area (Å²) in [6.45, 7) is 6.33. The van der Waals surface area contributed by atoms with Gasteiger partial charge in [-0.15, -0.1) is 5.10 Å². The zero-order valence-electron chi connectivity index (χ0n) is 11.3. The van der Waals surface area contributed by atoms with Gasteiger partial charge in [0.05, 0.1) is 5.69 Å². The van der Waals surface area contributed by atoms with Crippen LogP contribution in [0.1, 0.15) is 27.9 Å². The van der Waals surface area contributed by atoms with Gasteiger partial charge in [-0.05, 0) is 30.5 Å². The predicted octanol–water partition coefficient (Wildman–Crippen LogP) is 2.07. The fraction of sp³-hybridized carbons (Fsp3) is 0.333. The van der Waals surface area contributed by atoms with Crippen molar-refractivity contribution in [1.82, 2.24) is 10.2 Å². The van der Waals surface area contributed by atoms with Crippen LogP contribution in [0.4, 0.5) is 5.82 Å². The molecule has 4 heteroatoms. The standard InChI is InChI=1S/C15H18N4/c1-10-11(2)17-18-15(14(10)7-16)19-8-12-5-3-4-6-13(12)9-19/h3-6H,7-9,16H2,1-2H3. The van der Waals surface area contributed by atoms with Gasteiger partial charge >= 0.3 is 0 Å². The first-order valence-electron chi connectivity index (χ1n) is 6.55. The van der Waals surface area contributed by atoms with Gasteiger partial charge in [0.25, 0.3) is 0 Å². The highest BCUT2D eigenvalue weighted by Crippen LogP contribution is 2.30. The molecule has 1 aromatic carbocycles. The second kappa shape index (κ2) is 4.63. The third kappa shape index (κ3) is 1.98. The molecule has 0 atom stereocenters. The Morgan fingerprint density at radius 1 is 1.11 bits per heavy atom. The summed E-state index contributed by atoms with van der Waals surface area (Å²) >= 11 is 0. The van der Waals surface area contributed by atoms with Gasteiger partial charge in [0, 0.05) is 25.2 Å². The molecule has 0 radical (unpaired) electrons. The van der Waals surface area contributed by atoms with Crippen LogP contribution < -0.4 is 10.6 Å². The Balaban J connectivity index is 2.00. The van der Waals surface area contributed by atoms with E-state index in [2.05, 4.69) is 46.3 Å². The van der Waals surface area contributed by atoms with Crippen molar-refractivity contribution < 1.29 is 0 Å². The Morgan fingerprint density at radius 2 is 1.74 bits per heavy atom. The van der Waals surface area contributed by atoms with Crippen LogP contribution in [0.2, 0.25) is 0 Å². The Bertz CT molecular complexity index is 597. The number of nitrogens with two attached hydrogens (primary N) is 1. The Morgan fingerprint density at radius 3 is 2.32 bits per heavy atom. The summed E-state index contributed by atoms with van der Waals surface area (Å²) in [5.74, 6) is 0.932. The van der Waals surface area contributed by atoms with Gasteiger partial charge in [0.15, 0.2) is 5.82 Å². The lowest BCUT2D eigenvalue weighted by molar-refractivity contribution is 0.797. The number of benzene rings is 1. The zero-order valence-corrected chi connectivity index (χ0v) is 11.3. The van der Waals surface area contributed by atoms with E-state index in [1.807, 2.05) is 6.92 Å². The van der Waals surface area contributed by atoms with Crippen LogP contribution in [-0.4, -0.2) is 10.2 Å². The topological polar surface area (TPSA) is 55.0 Å². The quantitative estimate of drug-likeness (QED) is 0.891. The van der Waals surface area contributed by atoms with Gasteiger partial charge in [-0.3, -0.25) is 0 Å². The molecule has 1 aliphatic heterocycles. The molecule has 0 unspecified atom stereocenters. The summed E-state index contributed by atoms with van der Waals surface area (Å²) in [6, 6.07) is 8.51. The van der Waals surface area contributed by atoms with Gasteiger partial charge < -0.3 is 10.6 Å². The van der Waals surface area contributed by atoms with Gasteiger partial charge in [-0.2, -0.15) is 5.10 Å². The lowest BCUT2D eigenvalue weighted by Crippen LogP contribution is -2.21. The molecule has 0 fully saturated rings.